The third-order valence-electron chi connectivity index (χ3n) is 28.2. The van der Waals surface area contributed by atoms with Crippen molar-refractivity contribution in [3.8, 4) is 0 Å². The average Bonchev–Trinajstić information content (AvgIpc) is 1.71. The first kappa shape index (κ1) is 126. The summed E-state index contributed by atoms with van der Waals surface area (Å²) in [6.07, 6.45) is 51.4. The van der Waals surface area contributed by atoms with Crippen LogP contribution in [0.15, 0.2) is 273 Å². The zero-order valence-electron chi connectivity index (χ0n) is 87.3. The quantitative estimate of drug-likeness (QED) is 0.00744. The Labute approximate surface area is 874 Å². The number of ether oxygens (including phenoxy) is 1. The highest BCUT2D eigenvalue weighted by Gasteiger charge is 2.44. The Morgan fingerprint density at radius 2 is 0.524 bits per heavy atom. The monoisotopic (exact) mass is 2030 g/mol. The van der Waals surface area contributed by atoms with Crippen LogP contribution >= 0.6 is 0 Å². The van der Waals surface area contributed by atoms with Crippen molar-refractivity contribution >= 4 is 35.4 Å². The number of hydrogen-bond donors (Lipinski definition) is 18. The Bertz CT molecular complexity index is 4600. The maximum absolute atomic E-state index is 12.2. The van der Waals surface area contributed by atoms with E-state index in [9.17, 15) is 100 Å². The van der Waals surface area contributed by atoms with Crippen LogP contribution in [0.2, 0.25) is 0 Å². The van der Waals surface area contributed by atoms with E-state index in [4.69, 9.17) is 5.11 Å². The van der Waals surface area contributed by atoms with Crippen molar-refractivity contribution in [3.05, 3.63) is 301 Å². The van der Waals surface area contributed by atoms with Crippen LogP contribution in [0.25, 0.3) is 0 Å². The van der Waals surface area contributed by atoms with Crippen LogP contribution in [0.1, 0.15) is 241 Å². The van der Waals surface area contributed by atoms with E-state index >= 15 is 0 Å². The summed E-state index contributed by atoms with van der Waals surface area (Å²) in [5, 5.41) is 161. The standard InChI is InChI=1S/2C25H37NO4.C25H35NO4.C24H34O5.C23H32O5/c3*1-2-26-25(30)13-9-4-3-8-12-21-22(24(29)18-23(21)28)17-16-20(27)15-14-19-10-6-5-7-11-19;1-29-24(28)12-8-3-2-7-11-20-21(23(27)17-22(20)26)16-15-19(25)14-13-18-9-5-4-6-10-18;24-18(13-12-17-8-4-3-5-9-17)14-15-20-19(21(25)16-22(20)26)10-6-1-2-7-11-23(27)28/h2*3,5-8,10-11,16-17,20-24,27-29H,2,4,9,12-15,18H2,1H3,(H,26,30);3,5-8,10-11,16-17,21-24,28-29H,2,4,9,12-15,18H2,1H3,(H,26,30);2,4-7,9-10,15-16,19-23,25-27H,3,8,11-14,17H2,1H3;1,3-6,8-9,14-15,18-22,24-26H,2,7,10-13,16H2,(H,27,28)/b8-3+,17-16+;2*8-3-,17-16+;7-2-,16-15+;6-1-,15-14+/t20-,21+,22+,23-,24+;20-,21-,22-,23+,24-;21-,22-,23+,24-;19-,20+,21+,22-,23+;18-,19+,20+,21-,22+/m01100/s1. The molecule has 18 N–H and O–H groups in total. The zero-order valence-corrected chi connectivity index (χ0v) is 87.3. The number of hydrogen-bond acceptors (Lipinski definition) is 21. The molecule has 0 saturated heterocycles. The summed E-state index contributed by atoms with van der Waals surface area (Å²) in [6, 6.07) is 50.0. The minimum absolute atomic E-state index is 0.0343. The molecule has 0 unspecified atom stereocenters. The second-order valence-corrected chi connectivity index (χ2v) is 39.6. The number of aliphatic hydroxyl groups excluding tert-OH is 14. The van der Waals surface area contributed by atoms with Gasteiger partial charge in [0, 0.05) is 120 Å². The SMILES string of the molecule is CCNC(=O)CCC/C=C/C[C@@H]1[C@@H](/C=C/[C@@H](O)CCc2ccccc2)[C@H](O)C[C@@H]1O.CCNC(=O)CCC/C=C\C[C@@H]1[C@@H](/C=C/C(=O)CCc2ccccc2)[C@H](O)C[C@@H]1O.CCNC(=O)CCC/C=C\C[C@@H]1[C@@H](/C=C/[C@H](O)CCc2ccccc2)[C@H](O)C[C@@H]1O.COC(=O)CCC/C=C\C[C@@H]1[C@@H](/C=C/[C@@H](O)CCc2ccccc2)[C@H](O)C[C@@H]1O.O=C(O)CCC/C=C\C[C@@H]1[C@@H](/C=C/[C@@H](O)CCc2ccccc2)[C@H](O)C[C@@H]1O. The molecular weight excluding hydrogens is 1860 g/mol. The molecule has 0 aliphatic heterocycles. The molecular formula is C122H175N3O22. The van der Waals surface area contributed by atoms with E-state index in [0.717, 1.165) is 82.6 Å². The number of ketones is 1. The number of esters is 1. The van der Waals surface area contributed by atoms with Gasteiger partial charge in [0.2, 0.25) is 17.7 Å². The highest BCUT2D eigenvalue weighted by molar-refractivity contribution is 5.89. The van der Waals surface area contributed by atoms with Gasteiger partial charge in [-0.1, -0.05) is 267 Å². The van der Waals surface area contributed by atoms with Crippen molar-refractivity contribution in [2.75, 3.05) is 26.7 Å². The number of methoxy groups -OCH3 is 1. The minimum atomic E-state index is -0.793. The number of carboxylic acid groups (broad SMARTS) is 1. The second kappa shape index (κ2) is 74.8. The van der Waals surface area contributed by atoms with E-state index in [-0.39, 0.29) is 95.1 Å². The van der Waals surface area contributed by atoms with E-state index in [0.29, 0.717) is 161 Å². The number of carbonyl (C=O) groups excluding carboxylic acids is 5. The maximum Gasteiger partial charge on any atom is 0.305 e. The van der Waals surface area contributed by atoms with Crippen LogP contribution in [0, 0.1) is 59.2 Å². The molecule has 0 radical (unpaired) electrons. The molecule has 810 valence electrons. The second-order valence-electron chi connectivity index (χ2n) is 39.6. The lowest BCUT2D eigenvalue weighted by molar-refractivity contribution is -0.141. The molecule has 5 aromatic rings. The Morgan fingerprint density at radius 1 is 0.299 bits per heavy atom. The molecule has 25 heteroatoms. The minimum Gasteiger partial charge on any atom is -0.481 e. The van der Waals surface area contributed by atoms with Gasteiger partial charge >= 0.3 is 11.9 Å². The predicted octanol–water partition coefficient (Wildman–Crippen LogP) is 15.9. The lowest BCUT2D eigenvalue weighted by Crippen LogP contribution is -2.21. The summed E-state index contributed by atoms with van der Waals surface area (Å²) in [5.74, 6) is -2.01. The van der Waals surface area contributed by atoms with Gasteiger partial charge in [0.15, 0.2) is 5.78 Å². The summed E-state index contributed by atoms with van der Waals surface area (Å²) < 4.78 is 4.61. The normalized spacial score (nSPS) is 25.2. The van der Waals surface area contributed by atoms with E-state index in [1.807, 2.05) is 257 Å². The van der Waals surface area contributed by atoms with Gasteiger partial charge in [-0.05, 0) is 238 Å². The summed E-state index contributed by atoms with van der Waals surface area (Å²) in [4.78, 5) is 68.1. The number of nitrogens with one attached hydrogen (secondary N) is 3. The molecule has 0 bridgehead atoms. The predicted molar refractivity (Wildman–Crippen MR) is 580 cm³/mol. The zero-order chi connectivity index (χ0) is 107. The molecule has 25 nitrogen and oxygen atoms in total. The molecule has 5 fully saturated rings. The van der Waals surface area contributed by atoms with Crippen molar-refractivity contribution in [1.29, 1.82) is 0 Å². The molecule has 10 rings (SSSR count). The number of benzene rings is 5. The van der Waals surface area contributed by atoms with Crippen LogP contribution in [0.5, 0.6) is 0 Å². The van der Waals surface area contributed by atoms with Gasteiger partial charge in [-0.15, -0.1) is 0 Å². The van der Waals surface area contributed by atoms with E-state index in [1.165, 1.54) is 29.4 Å². The summed E-state index contributed by atoms with van der Waals surface area (Å²) in [6.45, 7) is 7.69. The third kappa shape index (κ3) is 52.3. The average molecular weight is 2040 g/mol. The number of amides is 3. The molecule has 5 aliphatic rings. The van der Waals surface area contributed by atoms with Crippen molar-refractivity contribution in [2.45, 2.75) is 331 Å². The molecule has 147 heavy (non-hydrogen) atoms. The maximum atomic E-state index is 12.2. The summed E-state index contributed by atoms with van der Waals surface area (Å²) in [7, 11) is 1.39. The van der Waals surface area contributed by atoms with Gasteiger partial charge in [0.05, 0.1) is 92.6 Å². The third-order valence-corrected chi connectivity index (χ3v) is 28.2. The largest absolute Gasteiger partial charge is 0.481 e. The molecule has 0 heterocycles. The van der Waals surface area contributed by atoms with Gasteiger partial charge < -0.3 is 97.3 Å². The Balaban J connectivity index is 0.000000281. The van der Waals surface area contributed by atoms with Crippen molar-refractivity contribution in [2.24, 2.45) is 59.2 Å². The first-order chi connectivity index (χ1) is 71.0. The van der Waals surface area contributed by atoms with Crippen LogP contribution in [0.3, 0.4) is 0 Å². The number of unbranched alkanes of at least 4 members (excludes halogenated alkanes) is 5. The molecule has 0 spiro atoms. The molecule has 24 atom stereocenters. The van der Waals surface area contributed by atoms with E-state index in [1.54, 1.807) is 36.5 Å². The smallest absolute Gasteiger partial charge is 0.305 e. The molecule has 3 amide bonds. The fourth-order valence-electron chi connectivity index (χ4n) is 19.7. The summed E-state index contributed by atoms with van der Waals surface area (Å²) in [5.41, 5.74) is 5.88. The number of aryl methyl sites for hydroxylation is 5. The van der Waals surface area contributed by atoms with Crippen molar-refractivity contribution < 1.29 is 110 Å². The molecule has 5 aliphatic carbocycles. The highest BCUT2D eigenvalue weighted by Crippen LogP contribution is 2.42. The van der Waals surface area contributed by atoms with Crippen LogP contribution in [0.4, 0.5) is 0 Å². The fraction of sp³-hybridized carbons (Fsp3) is 0.541. The Morgan fingerprint density at radius 3 is 0.755 bits per heavy atom. The first-order valence-electron chi connectivity index (χ1n) is 54.0. The number of allylic oxidation sites excluding steroid dienone is 11. The Hall–Kier alpha value is -10.0. The number of aliphatic carboxylic acids is 1. The molecule has 0 aromatic heterocycles. The van der Waals surface area contributed by atoms with E-state index < -0.39 is 91.4 Å². The summed E-state index contributed by atoms with van der Waals surface area (Å²) >= 11 is 0. The molecule has 5 saturated carbocycles. The fourth-order valence-corrected chi connectivity index (χ4v) is 19.7. The van der Waals surface area contributed by atoms with E-state index in [2.05, 4.69) is 20.7 Å². The van der Waals surface area contributed by atoms with Gasteiger partial charge in [-0.2, -0.15) is 0 Å². The number of carboxylic acids is 1. The highest BCUT2D eigenvalue weighted by atomic mass is 16.5. The van der Waals surface area contributed by atoms with Gasteiger partial charge in [-0.25, -0.2) is 0 Å². The molecule has 5 aromatic carbocycles. The van der Waals surface area contributed by atoms with Crippen molar-refractivity contribution in [1.82, 2.24) is 16.0 Å². The van der Waals surface area contributed by atoms with Crippen LogP contribution in [-0.4, -0.2) is 224 Å². The topological polar surface area (TPSA) is 451 Å². The van der Waals surface area contributed by atoms with Gasteiger partial charge in [-0.3, -0.25) is 28.8 Å². The number of rotatable bonds is 58. The van der Waals surface area contributed by atoms with Gasteiger partial charge in [0.1, 0.15) is 0 Å². The lowest BCUT2D eigenvalue weighted by Gasteiger charge is -2.19. The van der Waals surface area contributed by atoms with Crippen molar-refractivity contribution in [3.63, 3.8) is 0 Å². The number of carbonyl (C=O) groups is 6. The van der Waals surface area contributed by atoms with Gasteiger partial charge in [0.25, 0.3) is 0 Å². The Kier molecular flexibility index (Phi) is 63.9. The number of aliphatic hydroxyl groups is 14. The lowest BCUT2D eigenvalue weighted by atomic mass is 9.89. The van der Waals surface area contributed by atoms with Crippen LogP contribution < -0.4 is 16.0 Å². The van der Waals surface area contributed by atoms with Crippen LogP contribution in [-0.2, 0) is 65.6 Å². The first-order valence-corrected chi connectivity index (χ1v) is 54.0.